The monoisotopic (exact) mass is 331 g/mol. The molecule has 0 aliphatic heterocycles. The SMILES string of the molecule is CCOC(=O)C(N)Cc1cnc(SC(=O)O)[nH]1.Cl.Cl. The average Bonchev–Trinajstić information content (AvgIpc) is 2.64. The molecule has 0 bridgehead atoms. The van der Waals surface area contributed by atoms with E-state index in [2.05, 4.69) is 9.97 Å². The molecule has 7 nitrogen and oxygen atoms in total. The fraction of sp³-hybridized carbons (Fsp3) is 0.444. The van der Waals surface area contributed by atoms with Crippen LogP contribution >= 0.6 is 36.6 Å². The van der Waals surface area contributed by atoms with Gasteiger partial charge in [-0.3, -0.25) is 4.79 Å². The van der Waals surface area contributed by atoms with Gasteiger partial charge in [-0.2, -0.15) is 0 Å². The summed E-state index contributed by atoms with van der Waals surface area (Å²) >= 11 is 0.558. The van der Waals surface area contributed by atoms with Gasteiger partial charge >= 0.3 is 11.3 Å². The fourth-order valence-corrected chi connectivity index (χ4v) is 1.60. The van der Waals surface area contributed by atoms with Gasteiger partial charge in [0.2, 0.25) is 0 Å². The summed E-state index contributed by atoms with van der Waals surface area (Å²) in [5.74, 6) is -0.491. The number of carbonyl (C=O) groups is 2. The highest BCUT2D eigenvalue weighted by molar-refractivity contribution is 8.13. The van der Waals surface area contributed by atoms with Crippen molar-refractivity contribution in [1.29, 1.82) is 0 Å². The van der Waals surface area contributed by atoms with Crippen molar-refractivity contribution in [2.45, 2.75) is 24.5 Å². The molecule has 1 atom stereocenters. The van der Waals surface area contributed by atoms with Crippen molar-refractivity contribution in [3.8, 4) is 0 Å². The Morgan fingerprint density at radius 2 is 2.21 bits per heavy atom. The number of hydrogen-bond acceptors (Lipinski definition) is 6. The standard InChI is InChI=1S/C9H13N3O4S.2ClH/c1-2-16-7(13)6(10)3-5-4-11-8(12-5)17-9(14)15;;/h4,6H,2-3,10H2,1H3,(H,11,12)(H,14,15);2*1H. The number of imidazole rings is 1. The van der Waals surface area contributed by atoms with Crippen molar-refractivity contribution in [1.82, 2.24) is 9.97 Å². The molecule has 0 amide bonds. The lowest BCUT2D eigenvalue weighted by molar-refractivity contribution is -0.144. The molecule has 1 heterocycles. The number of nitrogens with one attached hydrogen (secondary N) is 1. The molecule has 0 saturated heterocycles. The highest BCUT2D eigenvalue weighted by Crippen LogP contribution is 2.14. The topological polar surface area (TPSA) is 118 Å². The normalized spacial score (nSPS) is 10.8. The number of aromatic nitrogens is 2. The first-order valence-electron chi connectivity index (χ1n) is 4.89. The molecule has 1 unspecified atom stereocenters. The van der Waals surface area contributed by atoms with E-state index in [1.54, 1.807) is 6.92 Å². The number of carbonyl (C=O) groups excluding carboxylic acids is 1. The summed E-state index contributed by atoms with van der Waals surface area (Å²) in [5.41, 5.74) is 6.19. The third-order valence-electron chi connectivity index (χ3n) is 1.82. The molecule has 110 valence electrons. The van der Waals surface area contributed by atoms with Crippen LogP contribution in [0.15, 0.2) is 11.4 Å². The van der Waals surface area contributed by atoms with E-state index in [9.17, 15) is 9.59 Å². The van der Waals surface area contributed by atoms with Crippen LogP contribution in [0.25, 0.3) is 0 Å². The van der Waals surface area contributed by atoms with Gasteiger partial charge < -0.3 is 20.6 Å². The molecule has 0 fully saturated rings. The summed E-state index contributed by atoms with van der Waals surface area (Å²) in [6.45, 7) is 1.97. The molecule has 19 heavy (non-hydrogen) atoms. The van der Waals surface area contributed by atoms with E-state index in [1.165, 1.54) is 6.20 Å². The highest BCUT2D eigenvalue weighted by Gasteiger charge is 2.16. The molecule has 0 aliphatic rings. The smallest absolute Gasteiger partial charge is 0.372 e. The van der Waals surface area contributed by atoms with Crippen LogP contribution in [0.5, 0.6) is 0 Å². The zero-order chi connectivity index (χ0) is 12.8. The van der Waals surface area contributed by atoms with Crippen molar-refractivity contribution < 1.29 is 19.4 Å². The van der Waals surface area contributed by atoms with Gasteiger partial charge in [0.05, 0.1) is 6.61 Å². The minimum atomic E-state index is -1.06. The summed E-state index contributed by atoms with van der Waals surface area (Å²) in [6.07, 6.45) is 1.68. The van der Waals surface area contributed by atoms with Gasteiger partial charge in [0.15, 0.2) is 5.16 Å². The van der Waals surface area contributed by atoms with Crippen molar-refractivity contribution in [2.75, 3.05) is 6.61 Å². The molecular weight excluding hydrogens is 317 g/mol. The van der Waals surface area contributed by atoms with E-state index >= 15 is 0 Å². The van der Waals surface area contributed by atoms with E-state index in [-0.39, 0.29) is 43.0 Å². The minimum absolute atomic E-state index is 0. The number of H-pyrrole nitrogens is 1. The van der Waals surface area contributed by atoms with Crippen LogP contribution in [0.3, 0.4) is 0 Å². The Morgan fingerprint density at radius 3 is 2.74 bits per heavy atom. The van der Waals surface area contributed by atoms with E-state index in [4.69, 9.17) is 15.6 Å². The second-order valence-corrected chi connectivity index (χ2v) is 4.08. The molecule has 0 saturated carbocycles. The number of nitrogens with two attached hydrogens (primary N) is 1. The van der Waals surface area contributed by atoms with Crippen LogP contribution in [0.4, 0.5) is 4.79 Å². The van der Waals surface area contributed by atoms with E-state index in [0.29, 0.717) is 17.5 Å². The molecule has 0 aromatic carbocycles. The third kappa shape index (κ3) is 7.26. The Hall–Kier alpha value is -0.960. The molecule has 0 aliphatic carbocycles. The first-order valence-corrected chi connectivity index (χ1v) is 5.71. The average molecular weight is 332 g/mol. The molecule has 1 aromatic rings. The summed E-state index contributed by atoms with van der Waals surface area (Å²) in [4.78, 5) is 28.2. The molecular formula is C9H15Cl2N3O4S. The quantitative estimate of drug-likeness (QED) is 0.552. The molecule has 0 spiro atoms. The molecule has 0 radical (unpaired) electrons. The number of halogens is 2. The first-order chi connectivity index (χ1) is 8.02. The number of aromatic amines is 1. The predicted molar refractivity (Wildman–Crippen MR) is 75.3 cm³/mol. The second-order valence-electron chi connectivity index (χ2n) is 3.14. The first kappa shape index (κ1) is 20.4. The zero-order valence-electron chi connectivity index (χ0n) is 9.99. The Morgan fingerprint density at radius 1 is 1.58 bits per heavy atom. The molecule has 1 aromatic heterocycles. The largest absolute Gasteiger partial charge is 0.473 e. The Labute approximate surface area is 126 Å². The van der Waals surface area contributed by atoms with Crippen molar-refractivity contribution in [2.24, 2.45) is 5.73 Å². The highest BCUT2D eigenvalue weighted by atomic mass is 35.5. The summed E-state index contributed by atoms with van der Waals surface area (Å²) in [7, 11) is 0. The minimum Gasteiger partial charge on any atom is -0.473 e. The molecule has 10 heteroatoms. The molecule has 4 N–H and O–H groups in total. The number of rotatable bonds is 5. The zero-order valence-corrected chi connectivity index (χ0v) is 12.4. The van der Waals surface area contributed by atoms with Crippen molar-refractivity contribution in [3.63, 3.8) is 0 Å². The lowest BCUT2D eigenvalue weighted by atomic mass is 10.2. The number of esters is 1. The van der Waals surface area contributed by atoms with Gasteiger partial charge in [-0.15, -0.1) is 24.8 Å². The van der Waals surface area contributed by atoms with Gasteiger partial charge in [-0.05, 0) is 6.92 Å². The van der Waals surface area contributed by atoms with Crippen LogP contribution in [-0.2, 0) is 16.0 Å². The lowest BCUT2D eigenvalue weighted by Crippen LogP contribution is -2.34. The van der Waals surface area contributed by atoms with E-state index in [1.807, 2.05) is 0 Å². The van der Waals surface area contributed by atoms with Crippen molar-refractivity contribution >= 4 is 47.8 Å². The number of carboxylic acid groups (broad SMARTS) is 1. The second kappa shape index (κ2) is 9.90. The summed E-state index contributed by atoms with van der Waals surface area (Å²) in [6, 6.07) is -0.780. The Balaban J connectivity index is 0. The van der Waals surface area contributed by atoms with Gasteiger partial charge in [-0.1, -0.05) is 0 Å². The summed E-state index contributed by atoms with van der Waals surface area (Å²) in [5, 5.41) is 7.72. The third-order valence-corrected chi connectivity index (χ3v) is 2.39. The summed E-state index contributed by atoms with van der Waals surface area (Å²) < 4.78 is 4.75. The maximum atomic E-state index is 11.3. The Kier molecular flexibility index (Phi) is 10.6. The van der Waals surface area contributed by atoms with Crippen LogP contribution in [0, 0.1) is 0 Å². The van der Waals surface area contributed by atoms with E-state index in [0.717, 1.165) is 0 Å². The maximum Gasteiger partial charge on any atom is 0.372 e. The predicted octanol–water partition coefficient (Wildman–Crippen LogP) is 1.46. The van der Waals surface area contributed by atoms with Gasteiger partial charge in [0, 0.05) is 30.1 Å². The number of nitrogens with zero attached hydrogens (tertiary/aromatic N) is 1. The fourth-order valence-electron chi connectivity index (χ4n) is 1.15. The number of thioether (sulfide) groups is 1. The van der Waals surface area contributed by atoms with Gasteiger partial charge in [-0.25, -0.2) is 9.78 Å². The number of ether oxygens (including phenoxy) is 1. The lowest BCUT2D eigenvalue weighted by Gasteiger charge is -2.08. The molecule has 1 rings (SSSR count). The van der Waals surface area contributed by atoms with Crippen LogP contribution in [0.2, 0.25) is 0 Å². The van der Waals surface area contributed by atoms with Crippen LogP contribution < -0.4 is 5.73 Å². The van der Waals surface area contributed by atoms with Crippen LogP contribution in [0.1, 0.15) is 12.6 Å². The van der Waals surface area contributed by atoms with Crippen molar-refractivity contribution in [3.05, 3.63) is 11.9 Å². The maximum absolute atomic E-state index is 11.3. The van der Waals surface area contributed by atoms with Gasteiger partial charge in [0.25, 0.3) is 0 Å². The van der Waals surface area contributed by atoms with Crippen LogP contribution in [-0.4, -0.2) is 39.0 Å². The Bertz CT molecular complexity index is 416. The van der Waals surface area contributed by atoms with Gasteiger partial charge in [0.1, 0.15) is 6.04 Å². The number of hydrogen-bond donors (Lipinski definition) is 3. The van der Waals surface area contributed by atoms with E-state index < -0.39 is 17.3 Å².